The first-order valence-corrected chi connectivity index (χ1v) is 5.67. The van der Waals surface area contributed by atoms with Crippen molar-refractivity contribution in [2.45, 2.75) is 6.92 Å². The van der Waals surface area contributed by atoms with E-state index in [0.29, 0.717) is 12.2 Å². The lowest BCUT2D eigenvalue weighted by Gasteiger charge is -2.02. The number of carbonyl (C=O) groups excluding carboxylic acids is 2. The van der Waals surface area contributed by atoms with Gasteiger partial charge in [-0.3, -0.25) is 0 Å². The third-order valence-electron chi connectivity index (χ3n) is 2.08. The second-order valence-electron chi connectivity index (χ2n) is 3.48. The average Bonchev–Trinajstić information content (AvgIpc) is 2.43. The van der Waals surface area contributed by atoms with Crippen LogP contribution in [0.2, 0.25) is 0 Å². The molecule has 0 aliphatic heterocycles. The molecule has 5 heteroatoms. The molecule has 5 nitrogen and oxygen atoms in total. The minimum Gasteiger partial charge on any atom is -0.387 e. The number of rotatable bonds is 5. The second kappa shape index (κ2) is 7.80. The highest BCUT2D eigenvalue weighted by atomic mass is 16.6. The monoisotopic (exact) mass is 259 g/mol. The molecule has 19 heavy (non-hydrogen) atoms. The molecule has 0 amide bonds. The number of nitrogens with zero attached hydrogens (tertiary/aromatic N) is 1. The molecule has 0 spiro atoms. The van der Waals surface area contributed by atoms with E-state index in [-0.39, 0.29) is 12.2 Å². The van der Waals surface area contributed by atoms with Crippen molar-refractivity contribution in [3.63, 3.8) is 0 Å². The molecule has 1 rings (SSSR count). The Morgan fingerprint density at radius 2 is 2.00 bits per heavy atom. The Labute approximate surface area is 111 Å². The van der Waals surface area contributed by atoms with E-state index in [4.69, 9.17) is 10.00 Å². The van der Waals surface area contributed by atoms with Gasteiger partial charge in [0.15, 0.2) is 0 Å². The Bertz CT molecular complexity index is 514. The lowest BCUT2D eigenvalue weighted by atomic mass is 10.1. The SMILES string of the molecule is CCOCC(=O)OC(=O)C(C#N)=Cc1ccccc1. The molecule has 0 radical (unpaired) electrons. The van der Waals surface area contributed by atoms with Gasteiger partial charge in [0.25, 0.3) is 0 Å². The Balaban J connectivity index is 2.71. The summed E-state index contributed by atoms with van der Waals surface area (Å²) in [4.78, 5) is 22.7. The molecular formula is C14H13NO4. The molecule has 0 bridgehead atoms. The van der Waals surface area contributed by atoms with Crippen LogP contribution in [0.3, 0.4) is 0 Å². The zero-order chi connectivity index (χ0) is 14.1. The summed E-state index contributed by atoms with van der Waals surface area (Å²) < 4.78 is 9.28. The minimum atomic E-state index is -0.976. The van der Waals surface area contributed by atoms with Crippen LogP contribution in [0.25, 0.3) is 6.08 Å². The van der Waals surface area contributed by atoms with Crippen molar-refractivity contribution in [3.05, 3.63) is 41.5 Å². The predicted molar refractivity (Wildman–Crippen MR) is 67.6 cm³/mol. The molecule has 0 unspecified atom stereocenters. The molecule has 0 N–H and O–H groups in total. The van der Waals surface area contributed by atoms with E-state index < -0.39 is 11.9 Å². The van der Waals surface area contributed by atoms with Crippen molar-refractivity contribution in [1.29, 1.82) is 5.26 Å². The van der Waals surface area contributed by atoms with E-state index in [1.54, 1.807) is 37.3 Å². The highest BCUT2D eigenvalue weighted by molar-refractivity contribution is 6.02. The van der Waals surface area contributed by atoms with E-state index in [1.165, 1.54) is 6.08 Å². The molecule has 0 aliphatic carbocycles. The molecule has 0 aliphatic rings. The molecule has 0 aromatic heterocycles. The van der Waals surface area contributed by atoms with Gasteiger partial charge in [0.05, 0.1) is 0 Å². The molecule has 98 valence electrons. The predicted octanol–water partition coefficient (Wildman–Crippen LogP) is 1.70. The van der Waals surface area contributed by atoms with Gasteiger partial charge in [-0.2, -0.15) is 5.26 Å². The normalized spacial score (nSPS) is 10.6. The van der Waals surface area contributed by atoms with Crippen LogP contribution in [-0.4, -0.2) is 25.2 Å². The number of ether oxygens (including phenoxy) is 2. The van der Waals surface area contributed by atoms with Gasteiger partial charge in [-0.05, 0) is 18.6 Å². The van der Waals surface area contributed by atoms with Crippen molar-refractivity contribution in [1.82, 2.24) is 0 Å². The summed E-state index contributed by atoms with van der Waals surface area (Å²) in [7, 11) is 0. The third-order valence-corrected chi connectivity index (χ3v) is 2.08. The lowest BCUT2D eigenvalue weighted by molar-refractivity contribution is -0.159. The Morgan fingerprint density at radius 3 is 2.58 bits per heavy atom. The topological polar surface area (TPSA) is 76.4 Å². The fourth-order valence-electron chi connectivity index (χ4n) is 1.23. The van der Waals surface area contributed by atoms with Crippen LogP contribution in [0.5, 0.6) is 0 Å². The molecule has 0 saturated carbocycles. The number of nitriles is 1. The molecule has 0 fully saturated rings. The van der Waals surface area contributed by atoms with Crippen LogP contribution in [0, 0.1) is 11.3 Å². The molecule has 1 aromatic carbocycles. The van der Waals surface area contributed by atoms with Crippen molar-refractivity contribution in [2.24, 2.45) is 0 Å². The van der Waals surface area contributed by atoms with Gasteiger partial charge in [0.1, 0.15) is 18.2 Å². The summed E-state index contributed by atoms with van der Waals surface area (Å²) in [5.41, 5.74) is 0.435. The quantitative estimate of drug-likeness (QED) is 0.348. The van der Waals surface area contributed by atoms with Crippen molar-refractivity contribution >= 4 is 18.0 Å². The first-order chi connectivity index (χ1) is 9.17. The van der Waals surface area contributed by atoms with Gasteiger partial charge in [-0.1, -0.05) is 30.3 Å². The fraction of sp³-hybridized carbons (Fsp3) is 0.214. The van der Waals surface area contributed by atoms with Gasteiger partial charge in [-0.15, -0.1) is 0 Å². The minimum absolute atomic E-state index is 0.240. The fourth-order valence-corrected chi connectivity index (χ4v) is 1.23. The average molecular weight is 259 g/mol. The Kier molecular flexibility index (Phi) is 5.99. The largest absolute Gasteiger partial charge is 0.387 e. The first-order valence-electron chi connectivity index (χ1n) is 5.67. The summed E-state index contributed by atoms with van der Waals surface area (Å²) in [5, 5.41) is 8.89. The number of carbonyl (C=O) groups is 2. The van der Waals surface area contributed by atoms with Gasteiger partial charge in [0, 0.05) is 6.61 Å². The molecule has 0 atom stereocenters. The highest BCUT2D eigenvalue weighted by Gasteiger charge is 2.15. The van der Waals surface area contributed by atoms with Crippen LogP contribution in [-0.2, 0) is 19.1 Å². The number of benzene rings is 1. The maximum absolute atomic E-state index is 11.6. The summed E-state index contributed by atoms with van der Waals surface area (Å²) in [6, 6.07) is 10.5. The van der Waals surface area contributed by atoms with Gasteiger partial charge >= 0.3 is 11.9 Å². The summed E-state index contributed by atoms with van der Waals surface area (Å²) >= 11 is 0. The summed E-state index contributed by atoms with van der Waals surface area (Å²) in [6.45, 7) is 1.74. The summed E-state index contributed by atoms with van der Waals surface area (Å²) in [5.74, 6) is -1.79. The Hall–Kier alpha value is -2.45. The number of esters is 2. The van der Waals surface area contributed by atoms with Crippen molar-refractivity contribution < 1.29 is 19.1 Å². The van der Waals surface area contributed by atoms with E-state index in [2.05, 4.69) is 4.74 Å². The number of hydrogen-bond donors (Lipinski definition) is 0. The van der Waals surface area contributed by atoms with E-state index in [9.17, 15) is 9.59 Å². The second-order valence-corrected chi connectivity index (χ2v) is 3.48. The maximum atomic E-state index is 11.6. The maximum Gasteiger partial charge on any atom is 0.356 e. The van der Waals surface area contributed by atoms with Crippen molar-refractivity contribution in [3.8, 4) is 6.07 Å². The van der Waals surface area contributed by atoms with Crippen LogP contribution in [0.1, 0.15) is 12.5 Å². The third kappa shape index (κ3) is 5.15. The van der Waals surface area contributed by atoms with Gasteiger partial charge in [-0.25, -0.2) is 9.59 Å². The van der Waals surface area contributed by atoms with Gasteiger partial charge < -0.3 is 9.47 Å². The molecule has 1 aromatic rings. The smallest absolute Gasteiger partial charge is 0.356 e. The molecule has 0 heterocycles. The first kappa shape index (κ1) is 14.6. The zero-order valence-corrected chi connectivity index (χ0v) is 10.5. The van der Waals surface area contributed by atoms with Crippen LogP contribution in [0.15, 0.2) is 35.9 Å². The zero-order valence-electron chi connectivity index (χ0n) is 10.5. The van der Waals surface area contributed by atoms with E-state index in [0.717, 1.165) is 0 Å². The van der Waals surface area contributed by atoms with Crippen molar-refractivity contribution in [2.75, 3.05) is 13.2 Å². The van der Waals surface area contributed by atoms with Crippen LogP contribution < -0.4 is 0 Å². The lowest BCUT2D eigenvalue weighted by Crippen LogP contribution is -2.18. The standard InChI is InChI=1S/C14H13NO4/c1-2-18-10-13(16)19-14(17)12(9-15)8-11-6-4-3-5-7-11/h3-8H,2,10H2,1H3. The molecule has 0 saturated heterocycles. The highest BCUT2D eigenvalue weighted by Crippen LogP contribution is 2.07. The van der Waals surface area contributed by atoms with E-state index >= 15 is 0 Å². The number of hydrogen-bond acceptors (Lipinski definition) is 5. The summed E-state index contributed by atoms with van der Waals surface area (Å²) in [6.07, 6.45) is 1.36. The van der Waals surface area contributed by atoms with Crippen LogP contribution >= 0.6 is 0 Å². The Morgan fingerprint density at radius 1 is 1.32 bits per heavy atom. The molecular weight excluding hydrogens is 246 g/mol. The van der Waals surface area contributed by atoms with Gasteiger partial charge in [0.2, 0.25) is 0 Å². The van der Waals surface area contributed by atoms with E-state index in [1.807, 2.05) is 6.07 Å². The van der Waals surface area contributed by atoms with Crippen LogP contribution in [0.4, 0.5) is 0 Å².